The minimum absolute atomic E-state index is 0.0874. The quantitative estimate of drug-likeness (QED) is 0.787. The number of amides is 1. The van der Waals surface area contributed by atoms with Gasteiger partial charge in [-0.15, -0.1) is 0 Å². The molecule has 0 aromatic carbocycles. The second-order valence-corrected chi connectivity index (χ2v) is 6.77. The standard InChI is InChI=1S/C15H29N3O/c1-5-13-12-8-16-7-11(12)9-18(13)10-14(19)17-15(3,4)6-2/h11-13,16H,5-10H2,1-4H3,(H,17,19). The van der Waals surface area contributed by atoms with Crippen LogP contribution in [-0.4, -0.2) is 48.6 Å². The molecule has 1 amide bonds. The third-order valence-electron chi connectivity index (χ3n) is 4.95. The van der Waals surface area contributed by atoms with E-state index in [-0.39, 0.29) is 11.4 Å². The average molecular weight is 267 g/mol. The van der Waals surface area contributed by atoms with E-state index in [1.165, 1.54) is 0 Å². The first-order chi connectivity index (χ1) is 8.96. The Labute approximate surface area is 117 Å². The monoisotopic (exact) mass is 267 g/mol. The van der Waals surface area contributed by atoms with Gasteiger partial charge in [-0.1, -0.05) is 13.8 Å². The van der Waals surface area contributed by atoms with Crippen LogP contribution in [0.3, 0.4) is 0 Å². The second kappa shape index (κ2) is 5.80. The summed E-state index contributed by atoms with van der Waals surface area (Å²) < 4.78 is 0. The number of nitrogens with zero attached hydrogens (tertiary/aromatic N) is 1. The molecule has 19 heavy (non-hydrogen) atoms. The van der Waals surface area contributed by atoms with E-state index in [9.17, 15) is 4.79 Å². The largest absolute Gasteiger partial charge is 0.350 e. The lowest BCUT2D eigenvalue weighted by Gasteiger charge is -2.29. The van der Waals surface area contributed by atoms with Gasteiger partial charge in [0.05, 0.1) is 6.54 Å². The summed E-state index contributed by atoms with van der Waals surface area (Å²) in [5.74, 6) is 1.67. The molecular formula is C15H29N3O. The van der Waals surface area contributed by atoms with Crippen LogP contribution in [0, 0.1) is 11.8 Å². The van der Waals surface area contributed by atoms with E-state index in [1.807, 2.05) is 0 Å². The molecule has 3 atom stereocenters. The van der Waals surface area contributed by atoms with E-state index in [1.54, 1.807) is 0 Å². The molecule has 2 fully saturated rings. The van der Waals surface area contributed by atoms with Crippen molar-refractivity contribution >= 4 is 5.91 Å². The number of hydrogen-bond donors (Lipinski definition) is 2. The fourth-order valence-electron chi connectivity index (χ4n) is 3.54. The van der Waals surface area contributed by atoms with Gasteiger partial charge in [-0.05, 0) is 51.6 Å². The van der Waals surface area contributed by atoms with E-state index < -0.39 is 0 Å². The molecule has 2 saturated heterocycles. The Morgan fingerprint density at radius 3 is 2.74 bits per heavy atom. The second-order valence-electron chi connectivity index (χ2n) is 6.77. The van der Waals surface area contributed by atoms with Crippen LogP contribution in [0.15, 0.2) is 0 Å². The van der Waals surface area contributed by atoms with Crippen molar-refractivity contribution in [2.24, 2.45) is 11.8 Å². The smallest absolute Gasteiger partial charge is 0.234 e. The van der Waals surface area contributed by atoms with E-state index >= 15 is 0 Å². The van der Waals surface area contributed by atoms with Crippen LogP contribution in [0.2, 0.25) is 0 Å². The van der Waals surface area contributed by atoms with Gasteiger partial charge in [-0.2, -0.15) is 0 Å². The zero-order valence-corrected chi connectivity index (χ0v) is 12.8. The summed E-state index contributed by atoms with van der Waals surface area (Å²) in [5.41, 5.74) is -0.0874. The van der Waals surface area contributed by atoms with Gasteiger partial charge >= 0.3 is 0 Å². The highest BCUT2D eigenvalue weighted by molar-refractivity contribution is 5.78. The molecule has 0 aromatic rings. The number of rotatable bonds is 5. The van der Waals surface area contributed by atoms with Crippen molar-refractivity contribution < 1.29 is 4.79 Å². The maximum Gasteiger partial charge on any atom is 0.234 e. The van der Waals surface area contributed by atoms with Crippen molar-refractivity contribution in [1.82, 2.24) is 15.5 Å². The number of fused-ring (bicyclic) bond motifs is 1. The maximum atomic E-state index is 12.2. The predicted octanol–water partition coefficient (Wildman–Crippen LogP) is 1.22. The van der Waals surface area contributed by atoms with Gasteiger partial charge in [0, 0.05) is 18.1 Å². The summed E-state index contributed by atoms with van der Waals surface area (Å²) in [6.07, 6.45) is 2.11. The topological polar surface area (TPSA) is 44.4 Å². The van der Waals surface area contributed by atoms with Crippen molar-refractivity contribution in [1.29, 1.82) is 0 Å². The molecule has 0 radical (unpaired) electrons. The highest BCUT2D eigenvalue weighted by Crippen LogP contribution is 2.33. The number of likely N-dealkylation sites (tertiary alicyclic amines) is 1. The fraction of sp³-hybridized carbons (Fsp3) is 0.933. The lowest BCUT2D eigenvalue weighted by molar-refractivity contribution is -0.124. The van der Waals surface area contributed by atoms with E-state index in [0.29, 0.717) is 12.6 Å². The minimum atomic E-state index is -0.0874. The average Bonchev–Trinajstić information content (AvgIpc) is 2.88. The molecule has 0 aliphatic carbocycles. The SMILES string of the molecule is CCC1C2CNCC2CN1CC(=O)NC(C)(C)CC. The highest BCUT2D eigenvalue weighted by atomic mass is 16.2. The van der Waals surface area contributed by atoms with Crippen LogP contribution in [0.5, 0.6) is 0 Å². The zero-order chi connectivity index (χ0) is 14.0. The maximum absolute atomic E-state index is 12.2. The molecule has 3 unspecified atom stereocenters. The number of carbonyl (C=O) groups is 1. The molecule has 0 aromatic heterocycles. The van der Waals surface area contributed by atoms with Crippen molar-refractivity contribution in [3.63, 3.8) is 0 Å². The summed E-state index contributed by atoms with van der Waals surface area (Å²) in [6, 6.07) is 0.579. The number of hydrogen-bond acceptors (Lipinski definition) is 3. The first kappa shape index (κ1) is 14.8. The van der Waals surface area contributed by atoms with Crippen LogP contribution < -0.4 is 10.6 Å². The molecule has 2 heterocycles. The fourth-order valence-corrected chi connectivity index (χ4v) is 3.54. The van der Waals surface area contributed by atoms with Crippen LogP contribution in [0.25, 0.3) is 0 Å². The van der Waals surface area contributed by atoms with E-state index in [2.05, 4.69) is 43.2 Å². The van der Waals surface area contributed by atoms with E-state index in [4.69, 9.17) is 0 Å². The Hall–Kier alpha value is -0.610. The van der Waals surface area contributed by atoms with Gasteiger partial charge < -0.3 is 10.6 Å². The Balaban J connectivity index is 1.90. The molecule has 4 nitrogen and oxygen atoms in total. The zero-order valence-electron chi connectivity index (χ0n) is 12.8. The first-order valence-corrected chi connectivity index (χ1v) is 7.72. The third-order valence-corrected chi connectivity index (χ3v) is 4.95. The molecular weight excluding hydrogens is 238 g/mol. The van der Waals surface area contributed by atoms with Gasteiger partial charge in [-0.3, -0.25) is 9.69 Å². The van der Waals surface area contributed by atoms with Crippen LogP contribution in [0.4, 0.5) is 0 Å². The van der Waals surface area contributed by atoms with Gasteiger partial charge in [0.15, 0.2) is 0 Å². The van der Waals surface area contributed by atoms with E-state index in [0.717, 1.165) is 44.3 Å². The van der Waals surface area contributed by atoms with Gasteiger partial charge in [0.1, 0.15) is 0 Å². The summed E-state index contributed by atoms with van der Waals surface area (Å²) in [6.45, 7) is 12.4. The number of carbonyl (C=O) groups excluding carboxylic acids is 1. The van der Waals surface area contributed by atoms with Crippen LogP contribution >= 0.6 is 0 Å². The van der Waals surface area contributed by atoms with Crippen LogP contribution in [0.1, 0.15) is 40.5 Å². The summed E-state index contributed by atoms with van der Waals surface area (Å²) in [4.78, 5) is 14.6. The Morgan fingerprint density at radius 1 is 1.37 bits per heavy atom. The van der Waals surface area contributed by atoms with Crippen molar-refractivity contribution in [3.05, 3.63) is 0 Å². The van der Waals surface area contributed by atoms with Crippen molar-refractivity contribution in [3.8, 4) is 0 Å². The molecule has 4 heteroatoms. The first-order valence-electron chi connectivity index (χ1n) is 7.72. The molecule has 2 aliphatic heterocycles. The molecule has 2 rings (SSSR count). The van der Waals surface area contributed by atoms with Crippen molar-refractivity contribution in [2.45, 2.75) is 52.1 Å². The molecule has 2 N–H and O–H groups in total. The minimum Gasteiger partial charge on any atom is -0.350 e. The normalized spacial score (nSPS) is 31.5. The lowest BCUT2D eigenvalue weighted by Crippen LogP contribution is -2.49. The van der Waals surface area contributed by atoms with Gasteiger partial charge in [0.2, 0.25) is 5.91 Å². The Morgan fingerprint density at radius 2 is 2.11 bits per heavy atom. The van der Waals surface area contributed by atoms with Gasteiger partial charge in [-0.25, -0.2) is 0 Å². The molecule has 2 aliphatic rings. The Kier molecular flexibility index (Phi) is 4.51. The molecule has 0 saturated carbocycles. The third kappa shape index (κ3) is 3.29. The summed E-state index contributed by atoms with van der Waals surface area (Å²) in [7, 11) is 0. The highest BCUT2D eigenvalue weighted by Gasteiger charge is 2.43. The summed E-state index contributed by atoms with van der Waals surface area (Å²) >= 11 is 0. The van der Waals surface area contributed by atoms with Crippen molar-refractivity contribution in [2.75, 3.05) is 26.2 Å². The van der Waals surface area contributed by atoms with Crippen LogP contribution in [-0.2, 0) is 4.79 Å². The Bertz CT molecular complexity index is 329. The number of nitrogens with one attached hydrogen (secondary N) is 2. The lowest BCUT2D eigenvalue weighted by atomic mass is 9.93. The van der Waals surface area contributed by atoms with Gasteiger partial charge in [0.25, 0.3) is 0 Å². The predicted molar refractivity (Wildman–Crippen MR) is 78.0 cm³/mol. The molecule has 110 valence electrons. The summed E-state index contributed by atoms with van der Waals surface area (Å²) in [5, 5.41) is 6.63. The molecule has 0 bridgehead atoms. The molecule has 0 spiro atoms.